The molecular formula is C25H18Cl2N4O2. The molecule has 33 heavy (non-hydrogen) atoms. The Bertz CT molecular complexity index is 1540. The largest absolute Gasteiger partial charge is 0.374 e. The molecule has 0 saturated carbocycles. The molecule has 3 aromatic heterocycles. The Morgan fingerprint density at radius 3 is 2.52 bits per heavy atom. The Balaban J connectivity index is 1.81. The zero-order chi connectivity index (χ0) is 23.2. The number of nitrogens with zero attached hydrogens (tertiary/aromatic N) is 3. The number of rotatable bonds is 4. The number of aromatic amines is 1. The van der Waals surface area contributed by atoms with Crippen LogP contribution in [0.4, 0.5) is 0 Å². The number of benzene rings is 2. The summed E-state index contributed by atoms with van der Waals surface area (Å²) in [7, 11) is 1.81. The Morgan fingerprint density at radius 1 is 1.00 bits per heavy atom. The number of hydrogen-bond acceptors (Lipinski definition) is 4. The van der Waals surface area contributed by atoms with Crippen molar-refractivity contribution in [3.63, 3.8) is 0 Å². The monoisotopic (exact) mass is 476 g/mol. The van der Waals surface area contributed by atoms with Gasteiger partial charge in [-0.2, -0.15) is 0 Å². The highest BCUT2D eigenvalue weighted by Crippen LogP contribution is 2.39. The highest BCUT2D eigenvalue weighted by molar-refractivity contribution is 6.31. The van der Waals surface area contributed by atoms with Gasteiger partial charge in [0.1, 0.15) is 5.15 Å². The Morgan fingerprint density at radius 2 is 1.82 bits per heavy atom. The summed E-state index contributed by atoms with van der Waals surface area (Å²) in [5.41, 5.74) is 2.02. The molecule has 0 spiro atoms. The summed E-state index contributed by atoms with van der Waals surface area (Å²) in [5, 5.41) is 13.8. The van der Waals surface area contributed by atoms with Crippen molar-refractivity contribution in [2.45, 2.75) is 5.60 Å². The van der Waals surface area contributed by atoms with E-state index in [4.69, 9.17) is 23.2 Å². The molecule has 6 nitrogen and oxygen atoms in total. The molecule has 8 heteroatoms. The lowest BCUT2D eigenvalue weighted by molar-refractivity contribution is 0.117. The van der Waals surface area contributed by atoms with Gasteiger partial charge in [-0.1, -0.05) is 47.5 Å². The van der Waals surface area contributed by atoms with E-state index in [0.717, 1.165) is 10.9 Å². The Kier molecular flexibility index (Phi) is 5.29. The number of pyridine rings is 2. The zero-order valence-electron chi connectivity index (χ0n) is 17.5. The smallest absolute Gasteiger partial charge is 0.249 e. The van der Waals surface area contributed by atoms with Crippen LogP contribution < -0.4 is 5.56 Å². The molecule has 0 aliphatic carbocycles. The number of hydrogen-bond donors (Lipinski definition) is 2. The zero-order valence-corrected chi connectivity index (χ0v) is 19.0. The first kappa shape index (κ1) is 21.4. The lowest BCUT2D eigenvalue weighted by Crippen LogP contribution is -2.31. The van der Waals surface area contributed by atoms with Gasteiger partial charge in [0.25, 0.3) is 0 Å². The van der Waals surface area contributed by atoms with Crippen molar-refractivity contribution < 1.29 is 5.11 Å². The SMILES string of the molecule is Cn1cncc1C(O)(c1ccc(Cl)nc1)c1ccc2[nH]c(=O)cc(-c3cccc(Cl)c3)c2c1. The quantitative estimate of drug-likeness (QED) is 0.360. The molecule has 0 aliphatic rings. The number of halogens is 2. The second-order valence-electron chi connectivity index (χ2n) is 7.79. The second-order valence-corrected chi connectivity index (χ2v) is 8.61. The number of imidazole rings is 1. The van der Waals surface area contributed by atoms with E-state index in [9.17, 15) is 9.90 Å². The normalized spacial score (nSPS) is 13.2. The minimum atomic E-state index is -1.57. The molecule has 5 rings (SSSR count). The number of nitrogens with one attached hydrogen (secondary N) is 1. The second kappa shape index (κ2) is 8.15. The fraction of sp³-hybridized carbons (Fsp3) is 0.0800. The van der Waals surface area contributed by atoms with Gasteiger partial charge in [-0.05, 0) is 47.0 Å². The molecule has 0 bridgehead atoms. The lowest BCUT2D eigenvalue weighted by Gasteiger charge is -2.30. The Labute approximate surface area is 199 Å². The molecule has 0 radical (unpaired) electrons. The van der Waals surface area contributed by atoms with Crippen LogP contribution in [-0.4, -0.2) is 24.6 Å². The van der Waals surface area contributed by atoms with Crippen LogP contribution in [0.3, 0.4) is 0 Å². The van der Waals surface area contributed by atoms with Crippen LogP contribution in [0.5, 0.6) is 0 Å². The van der Waals surface area contributed by atoms with Crippen LogP contribution in [0.1, 0.15) is 16.8 Å². The van der Waals surface area contributed by atoms with E-state index < -0.39 is 5.60 Å². The van der Waals surface area contributed by atoms with Gasteiger partial charge < -0.3 is 14.7 Å². The van der Waals surface area contributed by atoms with E-state index in [1.165, 1.54) is 6.07 Å². The third kappa shape index (κ3) is 3.72. The molecule has 1 atom stereocenters. The summed E-state index contributed by atoms with van der Waals surface area (Å²) < 4.78 is 1.75. The number of fused-ring (bicyclic) bond motifs is 1. The first-order valence-corrected chi connectivity index (χ1v) is 10.9. The van der Waals surface area contributed by atoms with Gasteiger partial charge in [-0.25, -0.2) is 9.97 Å². The van der Waals surface area contributed by atoms with E-state index >= 15 is 0 Å². The fourth-order valence-electron chi connectivity index (χ4n) is 4.13. The van der Waals surface area contributed by atoms with Crippen LogP contribution in [0.2, 0.25) is 10.2 Å². The molecule has 2 N–H and O–H groups in total. The molecule has 0 amide bonds. The maximum atomic E-state index is 12.4. The average molecular weight is 477 g/mol. The first-order chi connectivity index (χ1) is 15.9. The van der Waals surface area contributed by atoms with E-state index in [2.05, 4.69) is 15.0 Å². The average Bonchev–Trinajstić information content (AvgIpc) is 3.24. The minimum absolute atomic E-state index is 0.228. The van der Waals surface area contributed by atoms with Gasteiger partial charge in [0.2, 0.25) is 5.56 Å². The summed E-state index contributed by atoms with van der Waals surface area (Å²) in [6.45, 7) is 0. The topological polar surface area (TPSA) is 83.8 Å². The van der Waals surface area contributed by atoms with E-state index in [1.54, 1.807) is 59.7 Å². The van der Waals surface area contributed by atoms with Crippen molar-refractivity contribution in [1.29, 1.82) is 0 Å². The van der Waals surface area contributed by atoms with Crippen molar-refractivity contribution in [2.75, 3.05) is 0 Å². The lowest BCUT2D eigenvalue weighted by atomic mass is 9.83. The summed E-state index contributed by atoms with van der Waals surface area (Å²) in [6.07, 6.45) is 4.79. The highest BCUT2D eigenvalue weighted by atomic mass is 35.5. The molecule has 0 aliphatic heterocycles. The summed E-state index contributed by atoms with van der Waals surface area (Å²) >= 11 is 12.2. The summed E-state index contributed by atoms with van der Waals surface area (Å²) in [6, 6.07) is 17.6. The highest BCUT2D eigenvalue weighted by Gasteiger charge is 2.37. The van der Waals surface area contributed by atoms with Gasteiger partial charge in [-0.3, -0.25) is 4.79 Å². The first-order valence-electron chi connectivity index (χ1n) is 10.1. The van der Waals surface area contributed by atoms with Crippen LogP contribution >= 0.6 is 23.2 Å². The third-order valence-corrected chi connectivity index (χ3v) is 6.19. The molecule has 5 aromatic rings. The van der Waals surface area contributed by atoms with Crippen LogP contribution in [0, 0.1) is 0 Å². The van der Waals surface area contributed by atoms with Crippen molar-refractivity contribution >= 4 is 34.1 Å². The predicted molar refractivity (Wildman–Crippen MR) is 130 cm³/mol. The molecular weight excluding hydrogens is 459 g/mol. The standard InChI is InChI=1S/C25H18Cl2N4O2/c1-31-14-28-13-22(31)25(33,17-6-8-23(27)29-12-17)16-5-7-21-20(10-16)19(11-24(32)30-21)15-3-2-4-18(26)9-15/h2-14,33H,1H3,(H,30,32). The molecule has 164 valence electrons. The van der Waals surface area contributed by atoms with Crippen molar-refractivity contribution in [2.24, 2.45) is 7.05 Å². The predicted octanol–water partition coefficient (Wildman–Crippen LogP) is 4.91. The maximum Gasteiger partial charge on any atom is 0.249 e. The summed E-state index contributed by atoms with van der Waals surface area (Å²) in [5.74, 6) is 0. The molecule has 0 fully saturated rings. The molecule has 2 aromatic carbocycles. The molecule has 3 heterocycles. The van der Waals surface area contributed by atoms with Crippen molar-refractivity contribution in [1.82, 2.24) is 19.5 Å². The van der Waals surface area contributed by atoms with E-state index in [1.807, 2.05) is 25.2 Å². The number of aliphatic hydroxyl groups is 1. The van der Waals surface area contributed by atoms with Gasteiger partial charge in [0.15, 0.2) is 5.60 Å². The van der Waals surface area contributed by atoms with Gasteiger partial charge in [0.05, 0.1) is 18.2 Å². The fourth-order valence-corrected chi connectivity index (χ4v) is 4.43. The molecule has 0 saturated heterocycles. The van der Waals surface area contributed by atoms with Crippen LogP contribution in [0.15, 0.2) is 84.2 Å². The van der Waals surface area contributed by atoms with Crippen molar-refractivity contribution in [3.05, 3.63) is 117 Å². The number of aromatic nitrogens is 4. The Hall–Kier alpha value is -3.45. The third-order valence-electron chi connectivity index (χ3n) is 5.73. The van der Waals surface area contributed by atoms with E-state index in [-0.39, 0.29) is 5.56 Å². The molecule has 1 unspecified atom stereocenters. The van der Waals surface area contributed by atoms with Crippen molar-refractivity contribution in [3.8, 4) is 11.1 Å². The number of H-pyrrole nitrogens is 1. The van der Waals surface area contributed by atoms with Gasteiger partial charge in [0, 0.05) is 40.8 Å². The van der Waals surface area contributed by atoms with E-state index in [0.29, 0.717) is 38.1 Å². The summed E-state index contributed by atoms with van der Waals surface area (Å²) in [4.78, 5) is 23.6. The minimum Gasteiger partial charge on any atom is -0.374 e. The van der Waals surface area contributed by atoms with Crippen LogP contribution in [0.25, 0.3) is 22.0 Å². The van der Waals surface area contributed by atoms with Gasteiger partial charge in [-0.15, -0.1) is 0 Å². The van der Waals surface area contributed by atoms with Crippen LogP contribution in [-0.2, 0) is 12.6 Å². The van der Waals surface area contributed by atoms with Gasteiger partial charge >= 0.3 is 0 Å². The maximum absolute atomic E-state index is 12.4. The number of aryl methyl sites for hydroxylation is 1.